The summed E-state index contributed by atoms with van der Waals surface area (Å²) in [5.41, 5.74) is 2.60. The Kier molecular flexibility index (Phi) is 5.71. The van der Waals surface area contributed by atoms with E-state index in [0.29, 0.717) is 6.54 Å². The number of aryl methyl sites for hydroxylation is 1. The summed E-state index contributed by atoms with van der Waals surface area (Å²) in [4.78, 5) is 19.6. The molecular weight excluding hydrogens is 367 g/mol. The summed E-state index contributed by atoms with van der Waals surface area (Å²) >= 11 is 0. The molecule has 1 fully saturated rings. The summed E-state index contributed by atoms with van der Waals surface area (Å²) < 4.78 is 15.3. The van der Waals surface area contributed by atoms with Crippen molar-refractivity contribution in [2.45, 2.75) is 38.9 Å². The van der Waals surface area contributed by atoms with Crippen molar-refractivity contribution in [2.75, 3.05) is 11.9 Å². The standard InChI is InChI=1S/C23H25FN4O/c1-2-27-14-12-25-22(27)16-28-13-4-7-21(28)23(29)26-20-6-3-5-18(15-20)17-8-10-19(24)11-9-17/h3,5-6,8-12,14-15,21H,2,4,7,13,16H2,1H3,(H,26,29)/t21-/m1/s1. The minimum atomic E-state index is -0.261. The molecule has 2 heterocycles. The molecule has 2 aromatic carbocycles. The second kappa shape index (κ2) is 8.57. The van der Waals surface area contributed by atoms with Crippen LogP contribution in [0.5, 0.6) is 0 Å². The number of halogens is 1. The van der Waals surface area contributed by atoms with E-state index in [-0.39, 0.29) is 17.8 Å². The number of imidazole rings is 1. The van der Waals surface area contributed by atoms with Crippen molar-refractivity contribution in [3.8, 4) is 11.1 Å². The van der Waals surface area contributed by atoms with Gasteiger partial charge in [-0.3, -0.25) is 9.69 Å². The highest BCUT2D eigenvalue weighted by atomic mass is 19.1. The van der Waals surface area contributed by atoms with Crippen molar-refractivity contribution >= 4 is 11.6 Å². The molecule has 150 valence electrons. The van der Waals surface area contributed by atoms with E-state index in [2.05, 4.69) is 26.7 Å². The lowest BCUT2D eigenvalue weighted by Crippen LogP contribution is -2.39. The fourth-order valence-corrected chi connectivity index (χ4v) is 3.92. The average Bonchev–Trinajstić information content (AvgIpc) is 3.38. The molecule has 0 saturated carbocycles. The first-order valence-electron chi connectivity index (χ1n) is 10.0. The molecule has 1 aliphatic rings. The highest BCUT2D eigenvalue weighted by Crippen LogP contribution is 2.25. The number of amides is 1. The first-order chi connectivity index (χ1) is 14.1. The highest BCUT2D eigenvalue weighted by molar-refractivity contribution is 5.95. The number of carbonyl (C=O) groups is 1. The largest absolute Gasteiger partial charge is 0.334 e. The number of nitrogens with zero attached hydrogens (tertiary/aromatic N) is 3. The molecule has 1 atom stereocenters. The van der Waals surface area contributed by atoms with Crippen LogP contribution >= 0.6 is 0 Å². The molecule has 29 heavy (non-hydrogen) atoms. The summed E-state index contributed by atoms with van der Waals surface area (Å²) in [6, 6.07) is 13.9. The Bertz CT molecular complexity index is 983. The number of aromatic nitrogens is 2. The molecule has 3 aromatic rings. The minimum Gasteiger partial charge on any atom is -0.334 e. The maximum absolute atomic E-state index is 13.2. The number of anilines is 1. The zero-order valence-electron chi connectivity index (χ0n) is 16.5. The van der Waals surface area contributed by atoms with E-state index in [9.17, 15) is 9.18 Å². The van der Waals surface area contributed by atoms with Crippen LogP contribution in [0.25, 0.3) is 11.1 Å². The van der Waals surface area contributed by atoms with Crippen LogP contribution in [0.15, 0.2) is 60.9 Å². The van der Waals surface area contributed by atoms with Crippen molar-refractivity contribution in [3.05, 3.63) is 72.6 Å². The van der Waals surface area contributed by atoms with Crippen LogP contribution in [-0.4, -0.2) is 32.9 Å². The SMILES string of the molecule is CCn1ccnc1CN1CCC[C@@H]1C(=O)Nc1cccc(-c2ccc(F)cc2)c1. The highest BCUT2D eigenvalue weighted by Gasteiger charge is 2.31. The summed E-state index contributed by atoms with van der Waals surface area (Å²) in [5.74, 6) is 0.738. The van der Waals surface area contributed by atoms with Crippen LogP contribution in [0, 0.1) is 5.82 Å². The number of likely N-dealkylation sites (tertiary alicyclic amines) is 1. The predicted molar refractivity (Wildman–Crippen MR) is 112 cm³/mol. The minimum absolute atomic E-state index is 0.00774. The van der Waals surface area contributed by atoms with Gasteiger partial charge in [0, 0.05) is 24.6 Å². The first kappa shape index (κ1) is 19.3. The quantitative estimate of drug-likeness (QED) is 0.680. The van der Waals surface area contributed by atoms with Gasteiger partial charge in [-0.05, 0) is 61.7 Å². The van der Waals surface area contributed by atoms with E-state index >= 15 is 0 Å². The van der Waals surface area contributed by atoms with E-state index in [1.165, 1.54) is 12.1 Å². The van der Waals surface area contributed by atoms with Gasteiger partial charge in [0.15, 0.2) is 0 Å². The predicted octanol–water partition coefficient (Wildman–Crippen LogP) is 4.31. The van der Waals surface area contributed by atoms with Crippen molar-refractivity contribution < 1.29 is 9.18 Å². The van der Waals surface area contributed by atoms with E-state index in [0.717, 1.165) is 48.6 Å². The molecule has 0 bridgehead atoms. The van der Waals surface area contributed by atoms with Gasteiger partial charge in [0.05, 0.1) is 12.6 Å². The van der Waals surface area contributed by atoms with Crippen LogP contribution in [0.4, 0.5) is 10.1 Å². The lowest BCUT2D eigenvalue weighted by Gasteiger charge is -2.23. The Hall–Kier alpha value is -2.99. The number of nitrogens with one attached hydrogen (secondary N) is 1. The van der Waals surface area contributed by atoms with Gasteiger partial charge in [-0.1, -0.05) is 24.3 Å². The molecular formula is C23H25FN4O. The van der Waals surface area contributed by atoms with Crippen LogP contribution in [0.2, 0.25) is 0 Å². The van der Waals surface area contributed by atoms with Gasteiger partial charge in [0.25, 0.3) is 0 Å². The lowest BCUT2D eigenvalue weighted by molar-refractivity contribution is -0.120. The van der Waals surface area contributed by atoms with E-state index < -0.39 is 0 Å². The number of hydrogen-bond donors (Lipinski definition) is 1. The molecule has 6 heteroatoms. The molecule has 0 aliphatic carbocycles. The zero-order chi connectivity index (χ0) is 20.2. The third-order valence-electron chi connectivity index (χ3n) is 5.46. The van der Waals surface area contributed by atoms with Crippen LogP contribution in [0.3, 0.4) is 0 Å². The van der Waals surface area contributed by atoms with Gasteiger partial charge in [0.2, 0.25) is 5.91 Å². The van der Waals surface area contributed by atoms with Crippen molar-refractivity contribution in [1.29, 1.82) is 0 Å². The van der Waals surface area contributed by atoms with Crippen molar-refractivity contribution in [2.24, 2.45) is 0 Å². The normalized spacial score (nSPS) is 16.8. The molecule has 5 nitrogen and oxygen atoms in total. The Balaban J connectivity index is 1.46. The smallest absolute Gasteiger partial charge is 0.241 e. The van der Waals surface area contributed by atoms with Gasteiger partial charge in [-0.2, -0.15) is 0 Å². The number of rotatable bonds is 6. The van der Waals surface area contributed by atoms with Crippen molar-refractivity contribution in [1.82, 2.24) is 14.5 Å². The maximum atomic E-state index is 13.2. The zero-order valence-corrected chi connectivity index (χ0v) is 16.5. The molecule has 1 N–H and O–H groups in total. The second-order valence-corrected chi connectivity index (χ2v) is 7.33. The van der Waals surface area contributed by atoms with Crippen molar-refractivity contribution in [3.63, 3.8) is 0 Å². The molecule has 1 saturated heterocycles. The van der Waals surface area contributed by atoms with E-state index in [1.807, 2.05) is 36.7 Å². The van der Waals surface area contributed by atoms with Crippen LogP contribution in [-0.2, 0) is 17.9 Å². The van der Waals surface area contributed by atoms with E-state index in [4.69, 9.17) is 0 Å². The summed E-state index contributed by atoms with van der Waals surface area (Å²) in [6.45, 7) is 4.53. The van der Waals surface area contributed by atoms with Crippen LogP contribution in [0.1, 0.15) is 25.6 Å². The number of carbonyl (C=O) groups excluding carboxylic acids is 1. The summed E-state index contributed by atoms with van der Waals surface area (Å²) in [5, 5.41) is 3.06. The molecule has 1 aliphatic heterocycles. The van der Waals surface area contributed by atoms with E-state index in [1.54, 1.807) is 12.1 Å². The summed E-state index contributed by atoms with van der Waals surface area (Å²) in [6.07, 6.45) is 5.63. The Labute approximate surface area is 170 Å². The maximum Gasteiger partial charge on any atom is 0.241 e. The Morgan fingerprint density at radius 2 is 2.03 bits per heavy atom. The third-order valence-corrected chi connectivity index (χ3v) is 5.46. The fourth-order valence-electron chi connectivity index (χ4n) is 3.92. The topological polar surface area (TPSA) is 50.2 Å². The molecule has 0 unspecified atom stereocenters. The second-order valence-electron chi connectivity index (χ2n) is 7.33. The Morgan fingerprint density at radius 3 is 2.83 bits per heavy atom. The van der Waals surface area contributed by atoms with Gasteiger partial charge in [0.1, 0.15) is 11.6 Å². The third kappa shape index (κ3) is 4.38. The van der Waals surface area contributed by atoms with Gasteiger partial charge >= 0.3 is 0 Å². The molecule has 0 spiro atoms. The average molecular weight is 392 g/mol. The van der Waals surface area contributed by atoms with Gasteiger partial charge in [-0.25, -0.2) is 9.37 Å². The number of hydrogen-bond acceptors (Lipinski definition) is 3. The molecule has 4 rings (SSSR count). The monoisotopic (exact) mass is 392 g/mol. The molecule has 1 aromatic heterocycles. The molecule has 1 amide bonds. The first-order valence-corrected chi connectivity index (χ1v) is 10.0. The molecule has 0 radical (unpaired) electrons. The Morgan fingerprint density at radius 1 is 1.21 bits per heavy atom. The van der Waals surface area contributed by atoms with Gasteiger partial charge in [-0.15, -0.1) is 0 Å². The van der Waals surface area contributed by atoms with Crippen LogP contribution < -0.4 is 5.32 Å². The lowest BCUT2D eigenvalue weighted by atomic mass is 10.0. The summed E-state index contributed by atoms with van der Waals surface area (Å²) in [7, 11) is 0. The number of benzene rings is 2. The van der Waals surface area contributed by atoms with Gasteiger partial charge < -0.3 is 9.88 Å². The fraction of sp³-hybridized carbons (Fsp3) is 0.304.